The summed E-state index contributed by atoms with van der Waals surface area (Å²) in [5.74, 6) is 0.180. The van der Waals surface area contributed by atoms with Crippen LogP contribution in [0.15, 0.2) is 17.5 Å². The first-order chi connectivity index (χ1) is 8.24. The lowest BCUT2D eigenvalue weighted by molar-refractivity contribution is -0.122. The number of hydrogen-bond acceptors (Lipinski definition) is 3. The van der Waals surface area contributed by atoms with Gasteiger partial charge < -0.3 is 11.1 Å². The smallest absolute Gasteiger partial charge is 0.220 e. The van der Waals surface area contributed by atoms with Crippen LogP contribution in [0.2, 0.25) is 0 Å². The molecule has 94 valence electrons. The summed E-state index contributed by atoms with van der Waals surface area (Å²) in [6.07, 6.45) is 5.60. The Morgan fingerprint density at radius 2 is 2.18 bits per heavy atom. The molecule has 1 amide bonds. The molecule has 1 heterocycles. The van der Waals surface area contributed by atoms with Crippen molar-refractivity contribution in [3.8, 4) is 0 Å². The zero-order valence-corrected chi connectivity index (χ0v) is 10.8. The molecule has 0 aromatic carbocycles. The van der Waals surface area contributed by atoms with Crippen molar-refractivity contribution < 1.29 is 4.79 Å². The SMILES string of the molecule is NC1CCC(NC(=O)CCc2cccs2)CC1. The molecule has 3 nitrogen and oxygen atoms in total. The van der Waals surface area contributed by atoms with Crippen molar-refractivity contribution in [2.45, 2.75) is 50.6 Å². The maximum atomic E-state index is 11.8. The quantitative estimate of drug-likeness (QED) is 0.862. The van der Waals surface area contributed by atoms with Gasteiger partial charge in [-0.05, 0) is 43.6 Å². The minimum absolute atomic E-state index is 0.180. The van der Waals surface area contributed by atoms with E-state index >= 15 is 0 Å². The van der Waals surface area contributed by atoms with Crippen LogP contribution in [0.4, 0.5) is 0 Å². The van der Waals surface area contributed by atoms with E-state index in [-0.39, 0.29) is 5.91 Å². The largest absolute Gasteiger partial charge is 0.353 e. The second-order valence-corrected chi connectivity index (χ2v) is 5.79. The predicted molar refractivity (Wildman–Crippen MR) is 71.0 cm³/mol. The number of nitrogens with one attached hydrogen (secondary N) is 1. The van der Waals surface area contributed by atoms with Crippen LogP contribution >= 0.6 is 11.3 Å². The standard InChI is InChI=1S/C13H20N2OS/c14-10-3-5-11(6-4-10)15-13(16)8-7-12-2-1-9-17-12/h1-2,9-11H,3-8,14H2,(H,15,16). The molecule has 0 unspecified atom stereocenters. The zero-order chi connectivity index (χ0) is 12.1. The number of rotatable bonds is 4. The average Bonchev–Trinajstić information content (AvgIpc) is 2.83. The summed E-state index contributed by atoms with van der Waals surface area (Å²) >= 11 is 1.71. The molecule has 3 N–H and O–H groups in total. The van der Waals surface area contributed by atoms with Gasteiger partial charge in [0.1, 0.15) is 0 Å². The van der Waals surface area contributed by atoms with E-state index in [0.717, 1.165) is 32.1 Å². The summed E-state index contributed by atoms with van der Waals surface area (Å²) in [6, 6.07) is 4.80. The molecule has 0 atom stereocenters. The van der Waals surface area contributed by atoms with Gasteiger partial charge in [-0.15, -0.1) is 11.3 Å². The van der Waals surface area contributed by atoms with Gasteiger partial charge in [0, 0.05) is 23.4 Å². The zero-order valence-electron chi connectivity index (χ0n) is 10.0. The van der Waals surface area contributed by atoms with Gasteiger partial charge >= 0.3 is 0 Å². The number of thiophene rings is 1. The van der Waals surface area contributed by atoms with E-state index in [1.807, 2.05) is 6.07 Å². The van der Waals surface area contributed by atoms with E-state index in [9.17, 15) is 4.79 Å². The molecule has 1 aliphatic rings. The lowest BCUT2D eigenvalue weighted by Crippen LogP contribution is -2.40. The average molecular weight is 252 g/mol. The molecule has 1 aliphatic carbocycles. The minimum Gasteiger partial charge on any atom is -0.353 e. The van der Waals surface area contributed by atoms with Gasteiger partial charge in [0.15, 0.2) is 0 Å². The monoisotopic (exact) mass is 252 g/mol. The number of nitrogens with two attached hydrogens (primary N) is 1. The third-order valence-electron chi connectivity index (χ3n) is 3.32. The molecule has 0 saturated heterocycles. The number of carbonyl (C=O) groups is 1. The Morgan fingerprint density at radius 3 is 2.82 bits per heavy atom. The molecule has 17 heavy (non-hydrogen) atoms. The Labute approximate surface area is 106 Å². The molecular weight excluding hydrogens is 232 g/mol. The highest BCUT2D eigenvalue weighted by Gasteiger charge is 2.19. The molecule has 1 fully saturated rings. The van der Waals surface area contributed by atoms with Gasteiger partial charge in [0.2, 0.25) is 5.91 Å². The second kappa shape index (κ2) is 6.17. The Balaban J connectivity index is 1.67. The number of amides is 1. The van der Waals surface area contributed by atoms with Crippen LogP contribution in [0.3, 0.4) is 0 Å². The second-order valence-electron chi connectivity index (χ2n) is 4.76. The van der Waals surface area contributed by atoms with Gasteiger partial charge in [-0.2, -0.15) is 0 Å². The molecule has 0 radical (unpaired) electrons. The summed E-state index contributed by atoms with van der Waals surface area (Å²) in [5.41, 5.74) is 5.84. The van der Waals surface area contributed by atoms with Crippen LogP contribution in [-0.4, -0.2) is 18.0 Å². The Hall–Kier alpha value is -0.870. The van der Waals surface area contributed by atoms with Crippen molar-refractivity contribution in [2.24, 2.45) is 5.73 Å². The van der Waals surface area contributed by atoms with Gasteiger partial charge in [-0.3, -0.25) is 4.79 Å². The van der Waals surface area contributed by atoms with Crippen LogP contribution in [0.1, 0.15) is 37.0 Å². The highest BCUT2D eigenvalue weighted by Crippen LogP contribution is 2.17. The van der Waals surface area contributed by atoms with Crippen LogP contribution in [0.5, 0.6) is 0 Å². The van der Waals surface area contributed by atoms with Crippen LogP contribution in [-0.2, 0) is 11.2 Å². The third-order valence-corrected chi connectivity index (χ3v) is 4.25. The Bertz CT molecular complexity index is 342. The van der Waals surface area contributed by atoms with Crippen LogP contribution in [0, 0.1) is 0 Å². The summed E-state index contributed by atoms with van der Waals surface area (Å²) < 4.78 is 0. The predicted octanol–water partition coefficient (Wildman–Crippen LogP) is 2.07. The van der Waals surface area contributed by atoms with Crippen molar-refractivity contribution >= 4 is 17.2 Å². The fraction of sp³-hybridized carbons (Fsp3) is 0.615. The summed E-state index contributed by atoms with van der Waals surface area (Å²) in [4.78, 5) is 13.0. The first kappa shape index (κ1) is 12.6. The van der Waals surface area contributed by atoms with Gasteiger partial charge in [-0.25, -0.2) is 0 Å². The minimum atomic E-state index is 0.180. The highest BCUT2D eigenvalue weighted by molar-refractivity contribution is 7.09. The number of aryl methyl sites for hydroxylation is 1. The van der Waals surface area contributed by atoms with E-state index < -0.39 is 0 Å². The van der Waals surface area contributed by atoms with Crippen molar-refractivity contribution in [3.05, 3.63) is 22.4 Å². The van der Waals surface area contributed by atoms with E-state index in [1.54, 1.807) is 11.3 Å². The van der Waals surface area contributed by atoms with Crippen LogP contribution < -0.4 is 11.1 Å². The van der Waals surface area contributed by atoms with Gasteiger partial charge in [-0.1, -0.05) is 6.07 Å². The molecule has 1 aromatic heterocycles. The molecule has 2 rings (SSSR count). The Morgan fingerprint density at radius 1 is 1.41 bits per heavy atom. The van der Waals surface area contributed by atoms with E-state index in [2.05, 4.69) is 16.8 Å². The summed E-state index contributed by atoms with van der Waals surface area (Å²) in [5, 5.41) is 5.16. The Kier molecular flexibility index (Phi) is 4.57. The van der Waals surface area contributed by atoms with Crippen LogP contribution in [0.25, 0.3) is 0 Å². The van der Waals surface area contributed by atoms with Crippen molar-refractivity contribution in [1.82, 2.24) is 5.32 Å². The first-order valence-corrected chi connectivity index (χ1v) is 7.19. The van der Waals surface area contributed by atoms with Gasteiger partial charge in [0.05, 0.1) is 0 Å². The molecule has 1 aromatic rings. The van der Waals surface area contributed by atoms with E-state index in [4.69, 9.17) is 5.73 Å². The van der Waals surface area contributed by atoms with Gasteiger partial charge in [0.25, 0.3) is 0 Å². The van der Waals surface area contributed by atoms with Crippen molar-refractivity contribution in [2.75, 3.05) is 0 Å². The van der Waals surface area contributed by atoms with Crippen molar-refractivity contribution in [1.29, 1.82) is 0 Å². The lowest BCUT2D eigenvalue weighted by atomic mass is 9.92. The topological polar surface area (TPSA) is 55.1 Å². The lowest BCUT2D eigenvalue weighted by Gasteiger charge is -2.26. The maximum absolute atomic E-state index is 11.8. The fourth-order valence-corrected chi connectivity index (χ4v) is 2.96. The molecule has 1 saturated carbocycles. The number of carbonyl (C=O) groups excluding carboxylic acids is 1. The molecule has 4 heteroatoms. The third kappa shape index (κ3) is 4.13. The molecule has 0 aliphatic heterocycles. The number of hydrogen-bond donors (Lipinski definition) is 2. The molecule has 0 bridgehead atoms. The normalized spacial score (nSPS) is 24.5. The fourth-order valence-electron chi connectivity index (χ4n) is 2.25. The van der Waals surface area contributed by atoms with E-state index in [0.29, 0.717) is 18.5 Å². The molecule has 0 spiro atoms. The van der Waals surface area contributed by atoms with E-state index in [1.165, 1.54) is 4.88 Å². The highest BCUT2D eigenvalue weighted by atomic mass is 32.1. The summed E-state index contributed by atoms with van der Waals surface area (Å²) in [7, 11) is 0. The maximum Gasteiger partial charge on any atom is 0.220 e. The summed E-state index contributed by atoms with van der Waals surface area (Å²) in [6.45, 7) is 0. The first-order valence-electron chi connectivity index (χ1n) is 6.31. The van der Waals surface area contributed by atoms with Crippen molar-refractivity contribution in [3.63, 3.8) is 0 Å². The molecular formula is C13H20N2OS.